The van der Waals surface area contributed by atoms with Crippen LogP contribution in [-0.4, -0.2) is 53.8 Å². The van der Waals surface area contributed by atoms with Crippen LogP contribution in [0.15, 0.2) is 48.7 Å². The summed E-state index contributed by atoms with van der Waals surface area (Å²) in [6.07, 6.45) is 7.68. The van der Waals surface area contributed by atoms with Gasteiger partial charge in [-0.05, 0) is 18.4 Å². The number of benzene rings is 1. The fraction of sp³-hybridized carbons (Fsp3) is 0.368. The third-order valence-corrected chi connectivity index (χ3v) is 5.91. The van der Waals surface area contributed by atoms with Crippen LogP contribution in [0.1, 0.15) is 18.4 Å². The minimum absolute atomic E-state index is 0.156. The van der Waals surface area contributed by atoms with Crippen molar-refractivity contribution < 1.29 is 13.2 Å². The van der Waals surface area contributed by atoms with Gasteiger partial charge in [0, 0.05) is 26.2 Å². The highest BCUT2D eigenvalue weighted by Crippen LogP contribution is 2.24. The second kappa shape index (κ2) is 8.06. The van der Waals surface area contributed by atoms with Gasteiger partial charge in [-0.3, -0.25) is 14.4 Å². The molecule has 1 atom stereocenters. The summed E-state index contributed by atoms with van der Waals surface area (Å²) in [4.78, 5) is 14.7. The number of piperidine rings is 1. The topological polar surface area (TPSA) is 75.5 Å². The summed E-state index contributed by atoms with van der Waals surface area (Å²) in [7, 11) is -1.78. The van der Waals surface area contributed by atoms with Crippen LogP contribution in [0.25, 0.3) is 6.08 Å². The number of aromatic nitrogens is 2. The first-order valence-corrected chi connectivity index (χ1v) is 10.7. The van der Waals surface area contributed by atoms with Crippen LogP contribution >= 0.6 is 0 Å². The van der Waals surface area contributed by atoms with Crippen LogP contribution in [0.3, 0.4) is 0 Å². The molecule has 1 unspecified atom stereocenters. The molecule has 1 aliphatic heterocycles. The van der Waals surface area contributed by atoms with Crippen molar-refractivity contribution in [2.75, 3.05) is 24.2 Å². The lowest BCUT2D eigenvalue weighted by molar-refractivity contribution is -0.123. The van der Waals surface area contributed by atoms with E-state index in [-0.39, 0.29) is 12.5 Å². The predicted octanol–water partition coefficient (Wildman–Crippen LogP) is 1.89. The van der Waals surface area contributed by atoms with Gasteiger partial charge in [0.2, 0.25) is 15.9 Å². The van der Waals surface area contributed by atoms with E-state index < -0.39 is 16.1 Å². The third-order valence-electron chi connectivity index (χ3n) is 4.65. The van der Waals surface area contributed by atoms with E-state index in [4.69, 9.17) is 0 Å². The highest BCUT2D eigenvalue weighted by molar-refractivity contribution is 7.88. The average molecular weight is 388 g/mol. The van der Waals surface area contributed by atoms with E-state index in [1.165, 1.54) is 4.31 Å². The second-order valence-electron chi connectivity index (χ2n) is 6.61. The number of carbonyl (C=O) groups excluding carboxylic acids is 1. The van der Waals surface area contributed by atoms with Gasteiger partial charge in [0.05, 0.1) is 12.5 Å². The number of anilines is 1. The zero-order chi connectivity index (χ0) is 19.4. The maximum Gasteiger partial charge on any atom is 0.246 e. The first-order chi connectivity index (χ1) is 12.9. The summed E-state index contributed by atoms with van der Waals surface area (Å²) in [5.74, 6) is 0.473. The van der Waals surface area contributed by atoms with Crippen LogP contribution in [-0.2, 0) is 21.9 Å². The number of rotatable bonds is 6. The zero-order valence-electron chi connectivity index (χ0n) is 15.5. The Morgan fingerprint density at radius 1 is 1.26 bits per heavy atom. The summed E-state index contributed by atoms with van der Waals surface area (Å²) in [5.41, 5.74) is 0.984. The Labute approximate surface area is 159 Å². The fourth-order valence-corrected chi connectivity index (χ4v) is 4.35. The maximum absolute atomic E-state index is 13.1. The van der Waals surface area contributed by atoms with Gasteiger partial charge in [-0.15, -0.1) is 0 Å². The van der Waals surface area contributed by atoms with E-state index in [0.29, 0.717) is 18.8 Å². The Morgan fingerprint density at radius 2 is 2.00 bits per heavy atom. The maximum atomic E-state index is 13.1. The molecule has 0 spiro atoms. The molecule has 0 saturated carbocycles. The van der Waals surface area contributed by atoms with Crippen molar-refractivity contribution >= 4 is 27.8 Å². The molecule has 1 aromatic carbocycles. The van der Waals surface area contributed by atoms with Crippen LogP contribution in [0.2, 0.25) is 0 Å². The summed E-state index contributed by atoms with van der Waals surface area (Å²) >= 11 is 0. The van der Waals surface area contributed by atoms with Gasteiger partial charge < -0.3 is 0 Å². The van der Waals surface area contributed by atoms with Crippen LogP contribution < -0.4 is 4.90 Å². The Hall–Kier alpha value is -2.45. The molecule has 7 nitrogen and oxygen atoms in total. The normalized spacial score (nSPS) is 18.6. The standard InChI is InChI=1S/C19H24N4O3S/c1-21-18(12-13-20-21)22-14-7-11-17(19(22)24)23(27(2,25)26)15-6-10-16-8-4-3-5-9-16/h3-6,8-10,12-13,17H,7,11,14-15H2,1-2H3/b10-6+. The van der Waals surface area contributed by atoms with Crippen LogP contribution in [0.4, 0.5) is 5.82 Å². The Morgan fingerprint density at radius 3 is 2.63 bits per heavy atom. The largest absolute Gasteiger partial charge is 0.296 e. The Kier molecular flexibility index (Phi) is 5.76. The average Bonchev–Trinajstić information content (AvgIpc) is 3.05. The van der Waals surface area contributed by atoms with Gasteiger partial charge in [0.1, 0.15) is 11.9 Å². The van der Waals surface area contributed by atoms with Crippen molar-refractivity contribution in [1.82, 2.24) is 14.1 Å². The van der Waals surface area contributed by atoms with E-state index in [9.17, 15) is 13.2 Å². The molecule has 27 heavy (non-hydrogen) atoms. The lowest BCUT2D eigenvalue weighted by Gasteiger charge is -2.36. The number of hydrogen-bond acceptors (Lipinski definition) is 4. The number of aryl methyl sites for hydroxylation is 1. The zero-order valence-corrected chi connectivity index (χ0v) is 16.3. The monoisotopic (exact) mass is 388 g/mol. The quantitative estimate of drug-likeness (QED) is 0.757. The molecule has 3 rings (SSSR count). The number of nitrogens with zero attached hydrogens (tertiary/aromatic N) is 4. The van der Waals surface area contributed by atoms with Gasteiger partial charge in [-0.1, -0.05) is 42.5 Å². The smallest absolute Gasteiger partial charge is 0.246 e. The van der Waals surface area contributed by atoms with E-state index >= 15 is 0 Å². The molecule has 0 N–H and O–H groups in total. The molecular weight excluding hydrogens is 364 g/mol. The minimum Gasteiger partial charge on any atom is -0.296 e. The highest BCUT2D eigenvalue weighted by Gasteiger charge is 2.38. The summed E-state index contributed by atoms with van der Waals surface area (Å²) in [6.45, 7) is 0.718. The molecular formula is C19H24N4O3S. The molecule has 2 heterocycles. The van der Waals surface area contributed by atoms with Crippen molar-refractivity contribution in [3.8, 4) is 0 Å². The van der Waals surface area contributed by atoms with Gasteiger partial charge in [-0.25, -0.2) is 8.42 Å². The highest BCUT2D eigenvalue weighted by atomic mass is 32.2. The first kappa shape index (κ1) is 19.3. The van der Waals surface area contributed by atoms with Gasteiger partial charge >= 0.3 is 0 Å². The molecule has 1 saturated heterocycles. The van der Waals surface area contributed by atoms with Crippen molar-refractivity contribution in [2.45, 2.75) is 18.9 Å². The van der Waals surface area contributed by atoms with Crippen molar-refractivity contribution in [3.63, 3.8) is 0 Å². The molecule has 0 radical (unpaired) electrons. The molecule has 0 aliphatic carbocycles. The molecule has 0 bridgehead atoms. The van der Waals surface area contributed by atoms with E-state index in [1.807, 2.05) is 36.4 Å². The molecule has 8 heteroatoms. The van der Waals surface area contributed by atoms with Crippen molar-refractivity contribution in [2.24, 2.45) is 7.05 Å². The summed E-state index contributed by atoms with van der Waals surface area (Å²) < 4.78 is 27.7. The van der Waals surface area contributed by atoms with Gasteiger partial charge in [-0.2, -0.15) is 9.40 Å². The predicted molar refractivity (Wildman–Crippen MR) is 106 cm³/mol. The minimum atomic E-state index is -3.54. The lowest BCUT2D eigenvalue weighted by Crippen LogP contribution is -2.54. The number of amides is 1. The SMILES string of the molecule is Cn1nccc1N1CCCC(N(C/C=C/c2ccccc2)S(C)(=O)=O)C1=O. The Balaban J connectivity index is 1.81. The Bertz CT molecular complexity index is 921. The summed E-state index contributed by atoms with van der Waals surface area (Å²) in [6, 6.07) is 10.7. The van der Waals surface area contributed by atoms with E-state index in [1.54, 1.807) is 35.0 Å². The first-order valence-electron chi connectivity index (χ1n) is 8.86. The number of carbonyl (C=O) groups is 1. The van der Waals surface area contributed by atoms with Crippen LogP contribution in [0.5, 0.6) is 0 Å². The van der Waals surface area contributed by atoms with E-state index in [0.717, 1.165) is 18.2 Å². The van der Waals surface area contributed by atoms with Gasteiger partial charge in [0.15, 0.2) is 0 Å². The molecule has 2 aromatic rings. The molecule has 144 valence electrons. The molecule has 1 aliphatic rings. The number of hydrogen-bond donors (Lipinski definition) is 0. The summed E-state index contributed by atoms with van der Waals surface area (Å²) in [5, 5.41) is 4.11. The van der Waals surface area contributed by atoms with Crippen LogP contribution in [0, 0.1) is 0 Å². The molecule has 1 aromatic heterocycles. The molecule has 1 fully saturated rings. The second-order valence-corrected chi connectivity index (χ2v) is 8.54. The van der Waals surface area contributed by atoms with Gasteiger partial charge in [0.25, 0.3) is 0 Å². The van der Waals surface area contributed by atoms with E-state index in [2.05, 4.69) is 5.10 Å². The lowest BCUT2D eigenvalue weighted by atomic mass is 10.0. The number of sulfonamides is 1. The molecule has 1 amide bonds. The fourth-order valence-electron chi connectivity index (χ4n) is 3.33. The van der Waals surface area contributed by atoms with Crippen molar-refractivity contribution in [1.29, 1.82) is 0 Å². The third kappa shape index (κ3) is 4.45. The van der Waals surface area contributed by atoms with Crippen molar-refractivity contribution in [3.05, 3.63) is 54.2 Å².